The Kier molecular flexibility index (Phi) is 4.31. The van der Waals surface area contributed by atoms with Crippen LogP contribution in [0.15, 0.2) is 36.4 Å². The smallest absolute Gasteiger partial charge is 0.328 e. The van der Waals surface area contributed by atoms with E-state index in [4.69, 9.17) is 10.1 Å². The number of para-hydroxylation sites is 1. The van der Waals surface area contributed by atoms with Gasteiger partial charge in [0.2, 0.25) is 0 Å². The molecule has 2 aromatic rings. The summed E-state index contributed by atoms with van der Waals surface area (Å²) in [5, 5.41) is 9.84. The molecule has 0 aliphatic carbocycles. The third-order valence-corrected chi connectivity index (χ3v) is 5.07. The predicted octanol–water partition coefficient (Wildman–Crippen LogP) is 3.12. The molecule has 1 saturated heterocycles. The van der Waals surface area contributed by atoms with Crippen LogP contribution in [-0.4, -0.2) is 40.6 Å². The van der Waals surface area contributed by atoms with Crippen LogP contribution in [0.3, 0.4) is 0 Å². The maximum atomic E-state index is 10.5. The van der Waals surface area contributed by atoms with E-state index in [1.54, 1.807) is 17.4 Å². The van der Waals surface area contributed by atoms with Crippen molar-refractivity contribution < 1.29 is 9.90 Å². The molecule has 2 heterocycles. The summed E-state index contributed by atoms with van der Waals surface area (Å²) < 4.78 is 1.26. The van der Waals surface area contributed by atoms with Gasteiger partial charge >= 0.3 is 5.97 Å². The number of aliphatic carboxylic acids is 1. The molecule has 0 bridgehead atoms. The topological polar surface area (TPSA) is 53.4 Å². The Morgan fingerprint density at radius 1 is 1.38 bits per heavy atom. The zero-order valence-corrected chi connectivity index (χ0v) is 12.6. The van der Waals surface area contributed by atoms with Gasteiger partial charge < -0.3 is 5.11 Å². The fourth-order valence-corrected chi connectivity index (χ4v) is 3.87. The van der Waals surface area contributed by atoms with Gasteiger partial charge in [0.05, 0.1) is 15.2 Å². The van der Waals surface area contributed by atoms with Gasteiger partial charge in [-0.3, -0.25) is 4.90 Å². The molecular formula is C16H18N2O2S. The molecule has 0 radical (unpaired) electrons. The zero-order valence-electron chi connectivity index (χ0n) is 11.7. The fourth-order valence-electron chi connectivity index (χ4n) is 2.73. The summed E-state index contributed by atoms with van der Waals surface area (Å²) in [7, 11) is 0. The van der Waals surface area contributed by atoms with Gasteiger partial charge in [0.15, 0.2) is 0 Å². The van der Waals surface area contributed by atoms with Crippen molar-refractivity contribution in [1.82, 2.24) is 9.88 Å². The largest absolute Gasteiger partial charge is 0.478 e. The SMILES string of the molecule is O=C(O)C=CCN1CCC(c2nc3ccccc3s2)CC1. The van der Waals surface area contributed by atoms with Gasteiger partial charge in [-0.25, -0.2) is 9.78 Å². The van der Waals surface area contributed by atoms with Gasteiger partial charge in [-0.1, -0.05) is 18.2 Å². The van der Waals surface area contributed by atoms with E-state index in [2.05, 4.69) is 23.1 Å². The second-order valence-corrected chi connectivity index (χ2v) is 6.40. The summed E-state index contributed by atoms with van der Waals surface area (Å²) in [5.41, 5.74) is 1.10. The Morgan fingerprint density at radius 3 is 2.86 bits per heavy atom. The molecule has 4 nitrogen and oxygen atoms in total. The van der Waals surface area contributed by atoms with Crippen molar-refractivity contribution in [3.05, 3.63) is 41.4 Å². The predicted molar refractivity (Wildman–Crippen MR) is 84.8 cm³/mol. The van der Waals surface area contributed by atoms with E-state index in [-0.39, 0.29) is 0 Å². The highest BCUT2D eigenvalue weighted by Gasteiger charge is 2.22. The van der Waals surface area contributed by atoms with Gasteiger partial charge in [0, 0.05) is 18.5 Å². The highest BCUT2D eigenvalue weighted by Crippen LogP contribution is 2.33. The minimum absolute atomic E-state index is 0.544. The monoisotopic (exact) mass is 302 g/mol. The van der Waals surface area contributed by atoms with E-state index >= 15 is 0 Å². The lowest BCUT2D eigenvalue weighted by Crippen LogP contribution is -2.33. The summed E-state index contributed by atoms with van der Waals surface area (Å²) in [4.78, 5) is 17.5. The average molecular weight is 302 g/mol. The van der Waals surface area contributed by atoms with Crippen LogP contribution in [-0.2, 0) is 4.79 Å². The standard InChI is InChI=1S/C16H18N2O2S/c19-15(20)6-3-9-18-10-7-12(8-11-18)16-17-13-4-1-2-5-14(13)21-16/h1-6,12H,7-11H2,(H,19,20). The molecule has 0 spiro atoms. The minimum atomic E-state index is -0.876. The minimum Gasteiger partial charge on any atom is -0.478 e. The van der Waals surface area contributed by atoms with Crippen LogP contribution >= 0.6 is 11.3 Å². The van der Waals surface area contributed by atoms with Crippen molar-refractivity contribution in [3.63, 3.8) is 0 Å². The molecule has 0 amide bonds. The first-order chi connectivity index (χ1) is 10.2. The number of benzene rings is 1. The first-order valence-corrected chi connectivity index (χ1v) is 8.01. The lowest BCUT2D eigenvalue weighted by atomic mass is 9.97. The lowest BCUT2D eigenvalue weighted by molar-refractivity contribution is -0.131. The van der Waals surface area contributed by atoms with Crippen LogP contribution in [0.25, 0.3) is 10.2 Å². The number of carboxylic acid groups (broad SMARTS) is 1. The number of aromatic nitrogens is 1. The summed E-state index contributed by atoms with van der Waals surface area (Å²) >= 11 is 1.81. The highest BCUT2D eigenvalue weighted by atomic mass is 32.1. The fraction of sp³-hybridized carbons (Fsp3) is 0.375. The summed E-state index contributed by atoms with van der Waals surface area (Å²) in [6.07, 6.45) is 5.14. The molecule has 0 unspecified atom stereocenters. The molecule has 3 rings (SSSR count). The van der Waals surface area contributed by atoms with Gasteiger partial charge in [-0.15, -0.1) is 11.3 Å². The number of thiazole rings is 1. The van der Waals surface area contributed by atoms with Gasteiger partial charge in [-0.2, -0.15) is 0 Å². The van der Waals surface area contributed by atoms with E-state index in [0.717, 1.165) is 38.0 Å². The number of hydrogen-bond donors (Lipinski definition) is 1. The highest BCUT2D eigenvalue weighted by molar-refractivity contribution is 7.18. The van der Waals surface area contributed by atoms with Crippen molar-refractivity contribution in [2.24, 2.45) is 0 Å². The van der Waals surface area contributed by atoms with Crippen LogP contribution < -0.4 is 0 Å². The molecule has 1 N–H and O–H groups in total. The third kappa shape index (κ3) is 3.49. The summed E-state index contributed by atoms with van der Waals surface area (Å²) in [6, 6.07) is 8.29. The number of carboxylic acids is 1. The maximum Gasteiger partial charge on any atom is 0.328 e. The Balaban J connectivity index is 1.59. The summed E-state index contributed by atoms with van der Waals surface area (Å²) in [5.74, 6) is -0.332. The van der Waals surface area contributed by atoms with Crippen LogP contribution in [0.5, 0.6) is 0 Å². The Morgan fingerprint density at radius 2 is 2.14 bits per heavy atom. The number of fused-ring (bicyclic) bond motifs is 1. The second-order valence-electron chi connectivity index (χ2n) is 5.34. The molecule has 110 valence electrons. The molecule has 1 aromatic heterocycles. The van der Waals surface area contributed by atoms with Gasteiger partial charge in [-0.05, 0) is 38.1 Å². The molecular weight excluding hydrogens is 284 g/mol. The number of piperidine rings is 1. The molecule has 0 atom stereocenters. The summed E-state index contributed by atoms with van der Waals surface area (Å²) in [6.45, 7) is 2.73. The van der Waals surface area contributed by atoms with E-state index in [0.29, 0.717) is 5.92 Å². The molecule has 1 aliphatic heterocycles. The van der Waals surface area contributed by atoms with Crippen molar-refractivity contribution in [2.75, 3.05) is 19.6 Å². The number of rotatable bonds is 4. The Labute approximate surface area is 127 Å². The van der Waals surface area contributed by atoms with Gasteiger partial charge in [0.1, 0.15) is 0 Å². The third-order valence-electron chi connectivity index (χ3n) is 3.87. The number of hydrogen-bond acceptors (Lipinski definition) is 4. The van der Waals surface area contributed by atoms with Crippen LogP contribution in [0, 0.1) is 0 Å². The van der Waals surface area contributed by atoms with Crippen molar-refractivity contribution in [3.8, 4) is 0 Å². The molecule has 5 heteroatoms. The van der Waals surface area contributed by atoms with E-state index < -0.39 is 5.97 Å². The quantitative estimate of drug-likeness (QED) is 0.882. The van der Waals surface area contributed by atoms with E-state index in [1.165, 1.54) is 15.8 Å². The van der Waals surface area contributed by atoms with Crippen molar-refractivity contribution in [2.45, 2.75) is 18.8 Å². The van der Waals surface area contributed by atoms with Crippen LogP contribution in [0.4, 0.5) is 0 Å². The first kappa shape index (κ1) is 14.2. The van der Waals surface area contributed by atoms with Crippen LogP contribution in [0.1, 0.15) is 23.8 Å². The first-order valence-electron chi connectivity index (χ1n) is 7.19. The van der Waals surface area contributed by atoms with E-state index in [9.17, 15) is 4.79 Å². The Hall–Kier alpha value is -1.72. The molecule has 1 aliphatic rings. The number of carbonyl (C=O) groups is 1. The number of likely N-dealkylation sites (tertiary alicyclic amines) is 1. The molecule has 1 fully saturated rings. The Bertz CT molecular complexity index is 624. The lowest BCUT2D eigenvalue weighted by Gasteiger charge is -2.30. The van der Waals surface area contributed by atoms with Crippen LogP contribution in [0.2, 0.25) is 0 Å². The zero-order chi connectivity index (χ0) is 14.7. The number of nitrogens with zero attached hydrogens (tertiary/aromatic N) is 2. The molecule has 0 saturated carbocycles. The average Bonchev–Trinajstić information content (AvgIpc) is 2.91. The van der Waals surface area contributed by atoms with Crippen molar-refractivity contribution >= 4 is 27.5 Å². The van der Waals surface area contributed by atoms with Crippen molar-refractivity contribution in [1.29, 1.82) is 0 Å². The molecule has 1 aromatic carbocycles. The van der Waals surface area contributed by atoms with Gasteiger partial charge in [0.25, 0.3) is 0 Å². The normalized spacial score (nSPS) is 17.7. The maximum absolute atomic E-state index is 10.5. The van der Waals surface area contributed by atoms with E-state index in [1.807, 2.05) is 6.07 Å². The second kappa shape index (κ2) is 6.37. The molecule has 21 heavy (non-hydrogen) atoms.